The van der Waals surface area contributed by atoms with Gasteiger partial charge in [-0.05, 0) is 12.8 Å². The van der Waals surface area contributed by atoms with E-state index in [4.69, 9.17) is 11.5 Å². The Morgan fingerprint density at radius 3 is 2.44 bits per heavy atom. The lowest BCUT2D eigenvalue weighted by molar-refractivity contribution is -0.135. The molecule has 0 saturated carbocycles. The Kier molecular flexibility index (Phi) is 4.70. The smallest absolute Gasteiger partial charge is 0.237 e. The molecule has 0 unspecified atom stereocenters. The zero-order valence-corrected chi connectivity index (χ0v) is 9.69. The third-order valence-electron chi connectivity index (χ3n) is 2.81. The Morgan fingerprint density at radius 2 is 1.94 bits per heavy atom. The van der Waals surface area contributed by atoms with Crippen molar-refractivity contribution >= 4 is 11.8 Å². The van der Waals surface area contributed by atoms with Gasteiger partial charge in [0.15, 0.2) is 0 Å². The SMILES string of the molecule is CN(CC(N)=O)C(=O)CN1CCC(N)CC1. The summed E-state index contributed by atoms with van der Waals surface area (Å²) < 4.78 is 0. The van der Waals surface area contributed by atoms with E-state index in [0.717, 1.165) is 25.9 Å². The number of carbonyl (C=O) groups excluding carboxylic acids is 2. The number of nitrogens with two attached hydrogens (primary N) is 2. The number of likely N-dealkylation sites (tertiary alicyclic amines) is 1. The molecule has 0 aromatic heterocycles. The standard InChI is InChI=1S/C10H20N4O2/c1-13(6-9(12)15)10(16)7-14-4-2-8(11)3-5-14/h8H,2-7,11H2,1H3,(H2,12,15). The number of carbonyl (C=O) groups is 2. The van der Waals surface area contributed by atoms with Crippen LogP contribution in [-0.2, 0) is 9.59 Å². The first-order chi connectivity index (χ1) is 7.49. The second-order valence-corrected chi connectivity index (χ2v) is 4.33. The lowest BCUT2D eigenvalue weighted by Gasteiger charge is -2.30. The molecule has 1 rings (SSSR count). The van der Waals surface area contributed by atoms with E-state index in [1.807, 2.05) is 0 Å². The van der Waals surface area contributed by atoms with E-state index in [0.29, 0.717) is 6.54 Å². The largest absolute Gasteiger partial charge is 0.368 e. The van der Waals surface area contributed by atoms with Crippen LogP contribution in [0.4, 0.5) is 0 Å². The van der Waals surface area contributed by atoms with Gasteiger partial charge in [0, 0.05) is 26.2 Å². The first-order valence-electron chi connectivity index (χ1n) is 5.49. The molecule has 2 amide bonds. The normalized spacial score (nSPS) is 18.4. The molecule has 92 valence electrons. The average molecular weight is 228 g/mol. The summed E-state index contributed by atoms with van der Waals surface area (Å²) in [5.74, 6) is -0.564. The molecular formula is C10H20N4O2. The van der Waals surface area contributed by atoms with E-state index in [9.17, 15) is 9.59 Å². The summed E-state index contributed by atoms with van der Waals surface area (Å²) in [6, 6.07) is 0.259. The Morgan fingerprint density at radius 1 is 1.38 bits per heavy atom. The topological polar surface area (TPSA) is 92.7 Å². The van der Waals surface area contributed by atoms with Crippen molar-refractivity contribution in [2.75, 3.05) is 33.2 Å². The zero-order chi connectivity index (χ0) is 12.1. The molecule has 0 aliphatic carbocycles. The first kappa shape index (κ1) is 12.9. The maximum Gasteiger partial charge on any atom is 0.237 e. The number of piperidine rings is 1. The van der Waals surface area contributed by atoms with Crippen molar-refractivity contribution < 1.29 is 9.59 Å². The monoisotopic (exact) mass is 228 g/mol. The number of hydrogen-bond acceptors (Lipinski definition) is 4. The third kappa shape index (κ3) is 4.16. The number of rotatable bonds is 4. The Labute approximate surface area is 95.5 Å². The van der Waals surface area contributed by atoms with Gasteiger partial charge in [-0.15, -0.1) is 0 Å². The van der Waals surface area contributed by atoms with Crippen LogP contribution in [0.1, 0.15) is 12.8 Å². The first-order valence-corrected chi connectivity index (χ1v) is 5.49. The van der Waals surface area contributed by atoms with Gasteiger partial charge in [0.1, 0.15) is 0 Å². The van der Waals surface area contributed by atoms with Crippen molar-refractivity contribution in [1.29, 1.82) is 0 Å². The summed E-state index contributed by atoms with van der Waals surface area (Å²) >= 11 is 0. The van der Waals surface area contributed by atoms with E-state index in [1.165, 1.54) is 4.90 Å². The number of primary amides is 1. The van der Waals surface area contributed by atoms with Gasteiger partial charge in [-0.1, -0.05) is 0 Å². The molecule has 1 fully saturated rings. The molecule has 4 N–H and O–H groups in total. The summed E-state index contributed by atoms with van der Waals surface area (Å²) in [4.78, 5) is 25.7. The third-order valence-corrected chi connectivity index (χ3v) is 2.81. The van der Waals surface area contributed by atoms with Crippen LogP contribution >= 0.6 is 0 Å². The van der Waals surface area contributed by atoms with Crippen LogP contribution in [0.3, 0.4) is 0 Å². The lowest BCUT2D eigenvalue weighted by Crippen LogP contribution is -2.46. The van der Waals surface area contributed by atoms with Crippen LogP contribution in [0.25, 0.3) is 0 Å². The highest BCUT2D eigenvalue weighted by Crippen LogP contribution is 2.07. The van der Waals surface area contributed by atoms with Crippen LogP contribution in [0.15, 0.2) is 0 Å². The highest BCUT2D eigenvalue weighted by atomic mass is 16.2. The summed E-state index contributed by atoms with van der Waals surface area (Å²) in [5, 5.41) is 0. The van der Waals surface area contributed by atoms with E-state index in [2.05, 4.69) is 4.90 Å². The molecule has 16 heavy (non-hydrogen) atoms. The van der Waals surface area contributed by atoms with Gasteiger partial charge in [0.05, 0.1) is 13.1 Å². The van der Waals surface area contributed by atoms with E-state index >= 15 is 0 Å². The number of amides is 2. The number of likely N-dealkylation sites (N-methyl/N-ethyl adjacent to an activating group) is 1. The molecule has 6 nitrogen and oxygen atoms in total. The fourth-order valence-corrected chi connectivity index (χ4v) is 1.74. The number of nitrogens with zero attached hydrogens (tertiary/aromatic N) is 2. The van der Waals surface area contributed by atoms with Crippen LogP contribution < -0.4 is 11.5 Å². The highest BCUT2D eigenvalue weighted by Gasteiger charge is 2.20. The molecule has 1 aliphatic heterocycles. The van der Waals surface area contributed by atoms with Crippen LogP contribution in [0.5, 0.6) is 0 Å². The van der Waals surface area contributed by atoms with Crippen molar-refractivity contribution in [2.45, 2.75) is 18.9 Å². The van der Waals surface area contributed by atoms with Crippen molar-refractivity contribution in [3.8, 4) is 0 Å². The molecule has 0 aromatic carbocycles. The van der Waals surface area contributed by atoms with Gasteiger partial charge >= 0.3 is 0 Å². The fourth-order valence-electron chi connectivity index (χ4n) is 1.74. The zero-order valence-electron chi connectivity index (χ0n) is 9.69. The fraction of sp³-hybridized carbons (Fsp3) is 0.800. The number of hydrogen-bond donors (Lipinski definition) is 2. The van der Waals surface area contributed by atoms with Crippen LogP contribution in [0, 0.1) is 0 Å². The van der Waals surface area contributed by atoms with Gasteiger partial charge in [-0.3, -0.25) is 14.5 Å². The van der Waals surface area contributed by atoms with E-state index in [-0.39, 0.29) is 18.5 Å². The summed E-state index contributed by atoms with van der Waals surface area (Å²) in [6.07, 6.45) is 1.85. The van der Waals surface area contributed by atoms with Gasteiger partial charge in [0.25, 0.3) is 0 Å². The van der Waals surface area contributed by atoms with Crippen molar-refractivity contribution in [1.82, 2.24) is 9.80 Å². The van der Waals surface area contributed by atoms with E-state index < -0.39 is 5.91 Å². The Hall–Kier alpha value is -1.14. The van der Waals surface area contributed by atoms with Gasteiger partial charge in [-0.2, -0.15) is 0 Å². The van der Waals surface area contributed by atoms with Gasteiger partial charge in [0.2, 0.25) is 11.8 Å². The minimum Gasteiger partial charge on any atom is -0.368 e. The van der Waals surface area contributed by atoms with Crippen molar-refractivity contribution in [3.05, 3.63) is 0 Å². The van der Waals surface area contributed by atoms with Gasteiger partial charge in [-0.25, -0.2) is 0 Å². The molecule has 0 aromatic rings. The molecule has 0 radical (unpaired) electrons. The van der Waals surface area contributed by atoms with Crippen LogP contribution in [0.2, 0.25) is 0 Å². The molecule has 0 bridgehead atoms. The molecule has 6 heteroatoms. The molecule has 0 atom stereocenters. The summed E-state index contributed by atoms with van der Waals surface area (Å²) in [7, 11) is 1.59. The Balaban J connectivity index is 2.31. The molecule has 1 aliphatic rings. The maximum absolute atomic E-state index is 11.7. The van der Waals surface area contributed by atoms with Crippen molar-refractivity contribution in [2.24, 2.45) is 11.5 Å². The minimum atomic E-state index is -0.489. The lowest BCUT2D eigenvalue weighted by atomic mass is 10.1. The predicted molar refractivity (Wildman–Crippen MR) is 60.5 cm³/mol. The average Bonchev–Trinajstić information content (AvgIpc) is 2.20. The van der Waals surface area contributed by atoms with Crippen LogP contribution in [-0.4, -0.2) is 60.9 Å². The quantitative estimate of drug-likeness (QED) is 0.603. The molecule has 1 saturated heterocycles. The summed E-state index contributed by atoms with van der Waals surface area (Å²) in [5.41, 5.74) is 10.8. The second-order valence-electron chi connectivity index (χ2n) is 4.33. The van der Waals surface area contributed by atoms with Gasteiger partial charge < -0.3 is 16.4 Å². The minimum absolute atomic E-state index is 0.0216. The summed E-state index contributed by atoms with van der Waals surface area (Å²) in [6.45, 7) is 2.01. The molecule has 1 heterocycles. The highest BCUT2D eigenvalue weighted by molar-refractivity contribution is 5.84. The molecule has 0 spiro atoms. The van der Waals surface area contributed by atoms with E-state index in [1.54, 1.807) is 7.05 Å². The second kappa shape index (κ2) is 5.81. The molecular weight excluding hydrogens is 208 g/mol. The predicted octanol–water partition coefficient (Wildman–Crippen LogP) is -1.65. The van der Waals surface area contributed by atoms with Crippen molar-refractivity contribution in [3.63, 3.8) is 0 Å². The Bertz CT molecular complexity index is 262. The maximum atomic E-state index is 11.7.